The van der Waals surface area contributed by atoms with Crippen molar-refractivity contribution in [2.75, 3.05) is 20.1 Å². The number of aliphatic hydroxyl groups excluding tert-OH is 1. The maximum absolute atomic E-state index is 13.6. The number of hydrogen-bond donors (Lipinski definition) is 3. The van der Waals surface area contributed by atoms with E-state index in [1.807, 2.05) is 32.0 Å². The normalized spacial score (nSPS) is 13.3. The highest BCUT2D eigenvalue weighted by Crippen LogP contribution is 2.36. The van der Waals surface area contributed by atoms with Gasteiger partial charge in [0.25, 0.3) is 0 Å². The molecule has 0 aliphatic carbocycles. The van der Waals surface area contributed by atoms with E-state index in [-0.39, 0.29) is 47.5 Å². The summed E-state index contributed by atoms with van der Waals surface area (Å²) in [6, 6.07) is 18.6. The van der Waals surface area contributed by atoms with Crippen molar-refractivity contribution in [3.05, 3.63) is 89.5 Å². The smallest absolute Gasteiger partial charge is 0.416 e. The van der Waals surface area contributed by atoms with Gasteiger partial charge in [0.1, 0.15) is 0 Å². The van der Waals surface area contributed by atoms with Crippen LogP contribution < -0.4 is 5.32 Å². The molecule has 0 saturated carbocycles. The summed E-state index contributed by atoms with van der Waals surface area (Å²) in [7, 11) is -3.03. The first-order chi connectivity index (χ1) is 20.1. The van der Waals surface area contributed by atoms with Crippen LogP contribution in [0.3, 0.4) is 0 Å². The number of carbonyl (C=O) groups is 1. The number of carboxylic acid groups (broad SMARTS) is 1. The summed E-state index contributed by atoms with van der Waals surface area (Å²) in [6.45, 7) is 3.86. The van der Waals surface area contributed by atoms with E-state index in [4.69, 9.17) is 5.11 Å². The van der Waals surface area contributed by atoms with Crippen molar-refractivity contribution in [3.63, 3.8) is 0 Å². The fourth-order valence-corrected chi connectivity index (χ4v) is 6.15. The van der Waals surface area contributed by atoms with Crippen molar-refractivity contribution in [3.8, 4) is 11.1 Å². The fourth-order valence-electron chi connectivity index (χ4n) is 4.75. The van der Waals surface area contributed by atoms with Crippen molar-refractivity contribution in [1.29, 1.82) is 0 Å². The average Bonchev–Trinajstić information content (AvgIpc) is 2.95. The molecule has 0 heterocycles. The number of benzene rings is 3. The molecule has 3 N–H and O–H groups in total. The highest BCUT2D eigenvalue weighted by Gasteiger charge is 2.34. The van der Waals surface area contributed by atoms with Gasteiger partial charge in [-0.1, -0.05) is 54.6 Å². The molecule has 3 aromatic carbocycles. The molecule has 1 atom stereocenters. The van der Waals surface area contributed by atoms with Crippen LogP contribution in [0.25, 0.3) is 11.1 Å². The molecule has 1 unspecified atom stereocenters. The number of aliphatic hydroxyl groups is 1. The first-order valence-electron chi connectivity index (χ1n) is 14.0. The molecule has 3 aromatic rings. The van der Waals surface area contributed by atoms with Crippen LogP contribution in [0.1, 0.15) is 49.8 Å². The fraction of sp³-hybridized carbons (Fsp3) is 0.406. The number of β-amino-alcohol motifs (C(OH)–C–C–N with tert-alkyl or cyclic N) is 1. The number of nitrogens with one attached hydrogen (secondary N) is 1. The lowest BCUT2D eigenvalue weighted by molar-refractivity contribution is -0.138. The van der Waals surface area contributed by atoms with Crippen LogP contribution >= 0.6 is 0 Å². The summed E-state index contributed by atoms with van der Waals surface area (Å²) in [6.07, 6.45) is -2.99. The first kappa shape index (κ1) is 34.2. The first-order valence-corrected chi connectivity index (χ1v) is 15.5. The van der Waals surface area contributed by atoms with E-state index >= 15 is 0 Å². The maximum Gasteiger partial charge on any atom is 0.416 e. The zero-order valence-electron chi connectivity index (χ0n) is 24.6. The summed E-state index contributed by atoms with van der Waals surface area (Å²) < 4.78 is 68.8. The lowest BCUT2D eigenvalue weighted by Crippen LogP contribution is -2.46. The minimum atomic E-state index is -4.69. The van der Waals surface area contributed by atoms with Crippen molar-refractivity contribution in [2.45, 2.75) is 68.7 Å². The Kier molecular flexibility index (Phi) is 11.5. The Morgan fingerprint density at radius 1 is 0.953 bits per heavy atom. The Labute approximate surface area is 251 Å². The van der Waals surface area contributed by atoms with Gasteiger partial charge in [0.15, 0.2) is 0 Å². The third-order valence-electron chi connectivity index (χ3n) is 7.28. The van der Waals surface area contributed by atoms with E-state index in [1.54, 1.807) is 12.1 Å². The van der Waals surface area contributed by atoms with Gasteiger partial charge in [-0.3, -0.25) is 4.79 Å². The van der Waals surface area contributed by atoms with E-state index in [0.717, 1.165) is 41.8 Å². The molecule has 0 radical (unpaired) electrons. The summed E-state index contributed by atoms with van der Waals surface area (Å²) in [5.41, 5.74) is 0.665. The molecule has 11 heteroatoms. The quantitative estimate of drug-likeness (QED) is 0.200. The molecule has 3 rings (SSSR count). The summed E-state index contributed by atoms with van der Waals surface area (Å²) >= 11 is 0. The molecule has 0 saturated heterocycles. The number of rotatable bonds is 15. The molecule has 0 fully saturated rings. The van der Waals surface area contributed by atoms with Gasteiger partial charge in [0, 0.05) is 37.7 Å². The summed E-state index contributed by atoms with van der Waals surface area (Å²) in [4.78, 5) is 10.5. The minimum absolute atomic E-state index is 0.116. The third-order valence-corrected chi connectivity index (χ3v) is 9.16. The van der Waals surface area contributed by atoms with E-state index in [0.29, 0.717) is 5.56 Å². The number of likely N-dealkylation sites (N-methyl/N-ethyl adjacent to an activating group) is 1. The molecular formula is C32H39F3N2O5S. The minimum Gasteiger partial charge on any atom is -0.481 e. The summed E-state index contributed by atoms with van der Waals surface area (Å²) in [5.74, 6) is -0.984. The van der Waals surface area contributed by atoms with Crippen molar-refractivity contribution in [1.82, 2.24) is 9.62 Å². The van der Waals surface area contributed by atoms with Gasteiger partial charge in [0.2, 0.25) is 10.0 Å². The Balaban J connectivity index is 1.72. The van der Waals surface area contributed by atoms with Crippen LogP contribution in [0.2, 0.25) is 0 Å². The molecule has 0 amide bonds. The van der Waals surface area contributed by atoms with Gasteiger partial charge in [-0.25, -0.2) is 8.42 Å². The summed E-state index contributed by atoms with van der Waals surface area (Å²) in [5, 5.41) is 22.9. The predicted molar refractivity (Wildman–Crippen MR) is 160 cm³/mol. The van der Waals surface area contributed by atoms with E-state index in [2.05, 4.69) is 17.4 Å². The molecular weight excluding hydrogens is 581 g/mol. The number of carboxylic acids is 1. The zero-order valence-corrected chi connectivity index (χ0v) is 25.4. The maximum atomic E-state index is 13.6. The van der Waals surface area contributed by atoms with Gasteiger partial charge >= 0.3 is 12.1 Å². The number of alkyl halides is 3. The molecule has 7 nitrogen and oxygen atoms in total. The number of aliphatic carboxylic acids is 1. The highest BCUT2D eigenvalue weighted by molar-refractivity contribution is 7.89. The van der Waals surface area contributed by atoms with Crippen LogP contribution in [-0.4, -0.2) is 60.7 Å². The average molecular weight is 621 g/mol. The largest absolute Gasteiger partial charge is 0.481 e. The number of halogens is 3. The second-order valence-corrected chi connectivity index (χ2v) is 13.4. The standard InChI is InChI=1S/C32H39F3N2O5S/c1-31(2,19-7-10-23-8-5-4-6-9-23)36-21-27(38)22-37(3)43(41,42)29-17-16-26(32(33,34)35)20-28(29)25-14-11-24(12-15-25)13-18-30(39)40/h4-6,8-9,11-12,14-17,20,27,36,38H,7,10,13,18-19,21-22H2,1-3H3,(H,39,40). The van der Waals surface area contributed by atoms with Crippen LogP contribution in [0.4, 0.5) is 13.2 Å². The molecule has 234 valence electrons. The number of hydrogen-bond acceptors (Lipinski definition) is 5. The Morgan fingerprint density at radius 3 is 2.19 bits per heavy atom. The molecule has 0 aliphatic rings. The SMILES string of the molecule is CN(CC(O)CNC(C)(C)CCCc1ccccc1)S(=O)(=O)c1ccc(C(F)(F)F)cc1-c1ccc(CCC(=O)O)cc1. The molecule has 0 aliphatic heterocycles. The second-order valence-electron chi connectivity index (χ2n) is 11.3. The number of sulfonamides is 1. The lowest BCUT2D eigenvalue weighted by atomic mass is 9.95. The Bertz CT molecular complexity index is 1460. The van der Waals surface area contributed by atoms with E-state index in [1.165, 1.54) is 24.7 Å². The van der Waals surface area contributed by atoms with Gasteiger partial charge in [-0.15, -0.1) is 0 Å². The van der Waals surface area contributed by atoms with Crippen molar-refractivity contribution in [2.24, 2.45) is 0 Å². The topological polar surface area (TPSA) is 107 Å². The Morgan fingerprint density at radius 2 is 1.58 bits per heavy atom. The Hall–Kier alpha value is -3.25. The van der Waals surface area contributed by atoms with Gasteiger partial charge in [-0.2, -0.15) is 17.5 Å². The molecule has 43 heavy (non-hydrogen) atoms. The zero-order chi connectivity index (χ0) is 31.8. The van der Waals surface area contributed by atoms with Crippen LogP contribution in [0.5, 0.6) is 0 Å². The van der Waals surface area contributed by atoms with Gasteiger partial charge < -0.3 is 15.5 Å². The van der Waals surface area contributed by atoms with Gasteiger partial charge in [-0.05, 0) is 74.4 Å². The van der Waals surface area contributed by atoms with Crippen molar-refractivity contribution < 1.29 is 36.6 Å². The molecule has 0 bridgehead atoms. The number of aryl methyl sites for hydroxylation is 2. The highest BCUT2D eigenvalue weighted by atomic mass is 32.2. The third kappa shape index (κ3) is 10.2. The van der Waals surface area contributed by atoms with E-state index in [9.17, 15) is 31.5 Å². The van der Waals surface area contributed by atoms with E-state index < -0.39 is 33.8 Å². The van der Waals surface area contributed by atoms with Gasteiger partial charge in [0.05, 0.1) is 16.6 Å². The second kappa shape index (κ2) is 14.5. The lowest BCUT2D eigenvalue weighted by Gasteiger charge is -2.29. The van der Waals surface area contributed by atoms with Crippen LogP contribution in [0, 0.1) is 0 Å². The van der Waals surface area contributed by atoms with Crippen LogP contribution in [0.15, 0.2) is 77.7 Å². The molecule has 0 spiro atoms. The van der Waals surface area contributed by atoms with Crippen LogP contribution in [-0.2, 0) is 33.8 Å². The van der Waals surface area contributed by atoms with Crippen molar-refractivity contribution >= 4 is 16.0 Å². The monoisotopic (exact) mass is 620 g/mol. The molecule has 0 aromatic heterocycles. The number of nitrogens with zero attached hydrogens (tertiary/aromatic N) is 1. The predicted octanol–water partition coefficient (Wildman–Crippen LogP) is 5.76.